The molecule has 2 fully saturated rings. The molecule has 2 aliphatic heterocycles. The monoisotopic (exact) mass is 355 g/mol. The van der Waals surface area contributed by atoms with Gasteiger partial charge in [0, 0.05) is 44.8 Å². The van der Waals surface area contributed by atoms with E-state index in [0.717, 1.165) is 45.0 Å². The molecule has 0 radical (unpaired) electrons. The molecular formula is C21H26FN3O. The van der Waals surface area contributed by atoms with Gasteiger partial charge in [-0.05, 0) is 54.8 Å². The Kier molecular flexibility index (Phi) is 5.20. The van der Waals surface area contributed by atoms with E-state index in [0.29, 0.717) is 11.3 Å². The lowest BCUT2D eigenvalue weighted by molar-refractivity contribution is 0.116. The molecule has 26 heavy (non-hydrogen) atoms. The van der Waals surface area contributed by atoms with Crippen molar-refractivity contribution in [2.45, 2.75) is 24.9 Å². The van der Waals surface area contributed by atoms with Crippen molar-refractivity contribution >= 4 is 0 Å². The fraction of sp³-hybridized carbons (Fsp3) is 0.429. The summed E-state index contributed by atoms with van der Waals surface area (Å²) in [4.78, 5) is 2.53. The van der Waals surface area contributed by atoms with Gasteiger partial charge in [0.2, 0.25) is 0 Å². The van der Waals surface area contributed by atoms with Gasteiger partial charge in [-0.25, -0.2) is 4.39 Å². The van der Waals surface area contributed by atoms with Crippen LogP contribution in [0.15, 0.2) is 48.5 Å². The van der Waals surface area contributed by atoms with Gasteiger partial charge in [0.25, 0.3) is 0 Å². The lowest BCUT2D eigenvalue weighted by Crippen LogP contribution is -2.63. The highest BCUT2D eigenvalue weighted by Crippen LogP contribution is 2.25. The Bertz CT molecular complexity index is 701. The summed E-state index contributed by atoms with van der Waals surface area (Å²) in [6.07, 6.45) is 2.40. The van der Waals surface area contributed by atoms with E-state index in [1.54, 1.807) is 12.1 Å². The van der Waals surface area contributed by atoms with Crippen LogP contribution in [0.5, 0.6) is 11.5 Å². The zero-order valence-electron chi connectivity index (χ0n) is 15.0. The van der Waals surface area contributed by atoms with Crippen LogP contribution in [0.1, 0.15) is 18.4 Å². The average Bonchev–Trinajstić information content (AvgIpc) is 2.68. The molecule has 4 rings (SSSR count). The Balaban J connectivity index is 1.30. The van der Waals surface area contributed by atoms with Crippen molar-refractivity contribution in [2.75, 3.05) is 32.7 Å². The van der Waals surface area contributed by atoms with Gasteiger partial charge in [0.05, 0.1) is 0 Å². The molecule has 2 saturated heterocycles. The van der Waals surface area contributed by atoms with Crippen molar-refractivity contribution in [3.05, 3.63) is 59.9 Å². The fourth-order valence-corrected chi connectivity index (χ4v) is 3.86. The molecule has 0 atom stereocenters. The van der Waals surface area contributed by atoms with Gasteiger partial charge >= 0.3 is 0 Å². The quantitative estimate of drug-likeness (QED) is 0.883. The summed E-state index contributed by atoms with van der Waals surface area (Å²) in [5, 5.41) is 7.25. The highest BCUT2D eigenvalue weighted by Gasteiger charge is 2.35. The van der Waals surface area contributed by atoms with Gasteiger partial charge in [0.1, 0.15) is 17.3 Å². The molecular weight excluding hydrogens is 329 g/mol. The average molecular weight is 355 g/mol. The molecule has 0 amide bonds. The van der Waals surface area contributed by atoms with E-state index in [-0.39, 0.29) is 5.82 Å². The largest absolute Gasteiger partial charge is 0.457 e. The minimum absolute atomic E-state index is 0.254. The lowest BCUT2D eigenvalue weighted by atomic mass is 9.86. The molecule has 0 unspecified atom stereocenters. The number of benzene rings is 2. The third kappa shape index (κ3) is 4.23. The van der Waals surface area contributed by atoms with Crippen LogP contribution >= 0.6 is 0 Å². The maximum absolute atomic E-state index is 13.0. The summed E-state index contributed by atoms with van der Waals surface area (Å²) in [6, 6.07) is 14.3. The second kappa shape index (κ2) is 7.74. The van der Waals surface area contributed by atoms with Crippen molar-refractivity contribution < 1.29 is 9.13 Å². The highest BCUT2D eigenvalue weighted by molar-refractivity contribution is 5.33. The number of ether oxygens (including phenoxy) is 1. The summed E-state index contributed by atoms with van der Waals surface area (Å²) < 4.78 is 18.7. The smallest absolute Gasteiger partial charge is 0.127 e. The minimum atomic E-state index is -0.254. The van der Waals surface area contributed by atoms with Crippen LogP contribution in [-0.4, -0.2) is 43.2 Å². The first-order chi connectivity index (χ1) is 12.7. The predicted molar refractivity (Wildman–Crippen MR) is 101 cm³/mol. The number of nitrogens with zero attached hydrogens (tertiary/aromatic N) is 1. The number of hydrogen-bond donors (Lipinski definition) is 2. The van der Waals surface area contributed by atoms with E-state index < -0.39 is 0 Å². The summed E-state index contributed by atoms with van der Waals surface area (Å²) in [7, 11) is 0. The van der Waals surface area contributed by atoms with Crippen molar-refractivity contribution in [1.82, 2.24) is 15.5 Å². The molecule has 0 bridgehead atoms. The number of piperidine rings is 1. The first kappa shape index (κ1) is 17.5. The molecule has 0 saturated carbocycles. The Morgan fingerprint density at radius 3 is 2.19 bits per heavy atom. The van der Waals surface area contributed by atoms with Gasteiger partial charge in [-0.3, -0.25) is 4.90 Å². The topological polar surface area (TPSA) is 36.5 Å². The molecule has 2 aromatic carbocycles. The predicted octanol–water partition coefficient (Wildman–Crippen LogP) is 3.15. The van der Waals surface area contributed by atoms with Crippen LogP contribution < -0.4 is 15.4 Å². The Morgan fingerprint density at radius 1 is 0.923 bits per heavy atom. The van der Waals surface area contributed by atoms with Gasteiger partial charge in [-0.1, -0.05) is 12.1 Å². The van der Waals surface area contributed by atoms with E-state index in [1.165, 1.54) is 30.5 Å². The van der Waals surface area contributed by atoms with E-state index >= 15 is 0 Å². The minimum Gasteiger partial charge on any atom is -0.457 e. The molecule has 2 heterocycles. The third-order valence-corrected chi connectivity index (χ3v) is 5.46. The number of likely N-dealkylation sites (tertiary alicyclic amines) is 1. The molecule has 0 aromatic heterocycles. The van der Waals surface area contributed by atoms with Gasteiger partial charge in [0.15, 0.2) is 0 Å². The number of piperazine rings is 1. The van der Waals surface area contributed by atoms with Gasteiger partial charge in [-0.15, -0.1) is 0 Å². The molecule has 0 aliphatic carbocycles. The van der Waals surface area contributed by atoms with E-state index in [2.05, 4.69) is 27.7 Å². The number of hydrogen-bond acceptors (Lipinski definition) is 4. The van der Waals surface area contributed by atoms with E-state index in [9.17, 15) is 4.39 Å². The molecule has 2 aliphatic rings. The molecule has 2 N–H and O–H groups in total. The summed E-state index contributed by atoms with van der Waals surface area (Å²) >= 11 is 0. The van der Waals surface area contributed by atoms with Crippen LogP contribution in [0.4, 0.5) is 4.39 Å². The standard InChI is InChI=1S/C21H26FN3O/c22-18-3-7-20(8-4-18)26-19-5-1-17(2-6-19)15-25-13-9-21(10-14-25)16-23-11-12-24-21/h1-8,23-24H,9-16H2. The first-order valence-corrected chi connectivity index (χ1v) is 9.41. The lowest BCUT2D eigenvalue weighted by Gasteiger charge is -2.45. The fourth-order valence-electron chi connectivity index (χ4n) is 3.86. The third-order valence-electron chi connectivity index (χ3n) is 5.46. The molecule has 5 heteroatoms. The molecule has 138 valence electrons. The summed E-state index contributed by atoms with van der Waals surface area (Å²) in [5.41, 5.74) is 1.60. The van der Waals surface area contributed by atoms with E-state index in [1.807, 2.05) is 12.1 Å². The van der Waals surface area contributed by atoms with Crippen molar-refractivity contribution in [3.8, 4) is 11.5 Å². The maximum atomic E-state index is 13.0. The van der Waals surface area contributed by atoms with Crippen LogP contribution in [0.25, 0.3) is 0 Å². The Morgan fingerprint density at radius 2 is 1.58 bits per heavy atom. The van der Waals surface area contributed by atoms with Crippen molar-refractivity contribution in [1.29, 1.82) is 0 Å². The maximum Gasteiger partial charge on any atom is 0.127 e. The second-order valence-electron chi connectivity index (χ2n) is 7.36. The van der Waals surface area contributed by atoms with Crippen LogP contribution in [0, 0.1) is 5.82 Å². The molecule has 1 spiro atoms. The number of nitrogens with one attached hydrogen (secondary N) is 2. The Labute approximate surface area is 154 Å². The van der Waals surface area contributed by atoms with Crippen LogP contribution in [0.3, 0.4) is 0 Å². The first-order valence-electron chi connectivity index (χ1n) is 9.41. The second-order valence-corrected chi connectivity index (χ2v) is 7.36. The van der Waals surface area contributed by atoms with E-state index in [4.69, 9.17) is 4.74 Å². The van der Waals surface area contributed by atoms with Gasteiger partial charge < -0.3 is 15.4 Å². The summed E-state index contributed by atoms with van der Waals surface area (Å²) in [6.45, 7) is 6.48. The summed E-state index contributed by atoms with van der Waals surface area (Å²) in [5.74, 6) is 1.17. The zero-order chi connectivity index (χ0) is 17.8. The Hall–Kier alpha value is -1.95. The molecule has 2 aromatic rings. The van der Waals surface area contributed by atoms with Crippen LogP contribution in [-0.2, 0) is 6.54 Å². The SMILES string of the molecule is Fc1ccc(Oc2ccc(CN3CCC4(CC3)CNCCN4)cc2)cc1. The van der Waals surface area contributed by atoms with Crippen molar-refractivity contribution in [3.63, 3.8) is 0 Å². The highest BCUT2D eigenvalue weighted by atomic mass is 19.1. The van der Waals surface area contributed by atoms with Crippen LogP contribution in [0.2, 0.25) is 0 Å². The normalized spacial score (nSPS) is 20.2. The number of halogens is 1. The zero-order valence-corrected chi connectivity index (χ0v) is 15.0. The number of rotatable bonds is 4. The van der Waals surface area contributed by atoms with Gasteiger partial charge in [-0.2, -0.15) is 0 Å². The van der Waals surface area contributed by atoms with Crippen molar-refractivity contribution in [2.24, 2.45) is 0 Å². The molecule has 4 nitrogen and oxygen atoms in total.